The summed E-state index contributed by atoms with van der Waals surface area (Å²) in [6, 6.07) is 0. The van der Waals surface area contributed by atoms with Crippen LogP contribution in [-0.4, -0.2) is 46.8 Å². The molecular weight excluding hydrogens is 305 g/mol. The first-order valence-electron chi connectivity index (χ1n) is 6.91. The lowest BCUT2D eigenvalue weighted by Crippen LogP contribution is -2.53. The molecule has 0 aliphatic rings. The monoisotopic (exact) mass is 328 g/mol. The second kappa shape index (κ2) is 8.53. The fourth-order valence-electron chi connectivity index (χ4n) is 2.44. The van der Waals surface area contributed by atoms with Gasteiger partial charge in [0.2, 0.25) is 5.91 Å². The number of alkyl halides is 3. The molecular formula is C13H23F3N2O2S. The predicted octanol–water partition coefficient (Wildman–Crippen LogP) is 2.24. The summed E-state index contributed by atoms with van der Waals surface area (Å²) in [6.45, 7) is 1.28. The van der Waals surface area contributed by atoms with Crippen molar-refractivity contribution in [2.75, 3.05) is 19.7 Å². The standard InChI is InChI=1S/C13H23F3N2O2S/c1-3-5-12(6-4-2,10(17)21)11(20)18(7-8-19)9-13(14,15)16/h19H,3-9H2,1-2H3,(H2,17,21). The van der Waals surface area contributed by atoms with E-state index in [2.05, 4.69) is 0 Å². The minimum atomic E-state index is -4.54. The fraction of sp³-hybridized carbons (Fsp3) is 0.846. The fourth-order valence-corrected chi connectivity index (χ4v) is 2.73. The summed E-state index contributed by atoms with van der Waals surface area (Å²) in [6.07, 6.45) is -2.79. The Bertz CT molecular complexity index is 356. The van der Waals surface area contributed by atoms with Gasteiger partial charge in [-0.25, -0.2) is 0 Å². The summed E-state index contributed by atoms with van der Waals surface area (Å²) in [7, 11) is 0. The molecule has 0 aromatic carbocycles. The SMILES string of the molecule is CCCC(CCC)(C(=O)N(CCO)CC(F)(F)F)C(N)=S. The van der Waals surface area contributed by atoms with E-state index in [4.69, 9.17) is 23.1 Å². The molecule has 8 heteroatoms. The van der Waals surface area contributed by atoms with Crippen molar-refractivity contribution in [3.8, 4) is 0 Å². The Morgan fingerprint density at radius 2 is 1.71 bits per heavy atom. The van der Waals surface area contributed by atoms with Crippen LogP contribution in [0.3, 0.4) is 0 Å². The first-order valence-corrected chi connectivity index (χ1v) is 7.32. The number of aliphatic hydroxyl groups is 1. The Morgan fingerprint density at radius 3 is 2.00 bits per heavy atom. The molecule has 0 aliphatic heterocycles. The maximum atomic E-state index is 12.6. The van der Waals surface area contributed by atoms with E-state index in [9.17, 15) is 18.0 Å². The number of hydrogen-bond acceptors (Lipinski definition) is 3. The Morgan fingerprint density at radius 1 is 1.24 bits per heavy atom. The van der Waals surface area contributed by atoms with Gasteiger partial charge in [0.15, 0.2) is 0 Å². The Kier molecular flexibility index (Phi) is 8.17. The number of nitrogens with two attached hydrogens (primary N) is 1. The van der Waals surface area contributed by atoms with E-state index in [0.29, 0.717) is 30.6 Å². The Hall–Kier alpha value is -0.890. The van der Waals surface area contributed by atoms with Gasteiger partial charge >= 0.3 is 6.18 Å². The minimum Gasteiger partial charge on any atom is -0.395 e. The second-order valence-electron chi connectivity index (χ2n) is 5.01. The van der Waals surface area contributed by atoms with Crippen LogP contribution in [0.2, 0.25) is 0 Å². The van der Waals surface area contributed by atoms with Crippen LogP contribution in [0.25, 0.3) is 0 Å². The number of nitrogens with zero attached hydrogens (tertiary/aromatic N) is 1. The molecule has 124 valence electrons. The number of amides is 1. The molecule has 21 heavy (non-hydrogen) atoms. The highest BCUT2D eigenvalue weighted by Gasteiger charge is 2.45. The van der Waals surface area contributed by atoms with Gasteiger partial charge in [-0.1, -0.05) is 38.9 Å². The van der Waals surface area contributed by atoms with Crippen LogP contribution in [0.4, 0.5) is 13.2 Å². The van der Waals surface area contributed by atoms with E-state index < -0.39 is 37.2 Å². The van der Waals surface area contributed by atoms with E-state index in [0.717, 1.165) is 0 Å². The highest BCUT2D eigenvalue weighted by molar-refractivity contribution is 7.80. The zero-order valence-corrected chi connectivity index (χ0v) is 13.2. The molecule has 0 saturated carbocycles. The molecule has 1 amide bonds. The van der Waals surface area contributed by atoms with E-state index in [1.54, 1.807) is 0 Å². The largest absolute Gasteiger partial charge is 0.406 e. The maximum Gasteiger partial charge on any atom is 0.406 e. The van der Waals surface area contributed by atoms with Crippen molar-refractivity contribution in [3.05, 3.63) is 0 Å². The summed E-state index contributed by atoms with van der Waals surface area (Å²) < 4.78 is 37.8. The normalized spacial score (nSPS) is 12.3. The van der Waals surface area contributed by atoms with Crippen LogP contribution in [0.5, 0.6) is 0 Å². The van der Waals surface area contributed by atoms with Gasteiger partial charge in [-0.05, 0) is 12.8 Å². The molecule has 3 N–H and O–H groups in total. The van der Waals surface area contributed by atoms with Crippen molar-refractivity contribution in [3.63, 3.8) is 0 Å². The third-order valence-electron chi connectivity index (χ3n) is 3.26. The van der Waals surface area contributed by atoms with Crippen molar-refractivity contribution >= 4 is 23.1 Å². The van der Waals surface area contributed by atoms with Gasteiger partial charge in [0.25, 0.3) is 0 Å². The third kappa shape index (κ3) is 5.78. The molecule has 0 heterocycles. The average Bonchev–Trinajstić information content (AvgIpc) is 2.35. The number of aliphatic hydroxyl groups excluding tert-OH is 1. The van der Waals surface area contributed by atoms with Crippen molar-refractivity contribution in [1.29, 1.82) is 0 Å². The van der Waals surface area contributed by atoms with Crippen LogP contribution in [0, 0.1) is 5.41 Å². The minimum absolute atomic E-state index is 0.0821. The van der Waals surface area contributed by atoms with Gasteiger partial charge in [0.05, 0.1) is 17.0 Å². The van der Waals surface area contributed by atoms with E-state index >= 15 is 0 Å². The topological polar surface area (TPSA) is 66.6 Å². The van der Waals surface area contributed by atoms with Gasteiger partial charge in [-0.2, -0.15) is 13.2 Å². The van der Waals surface area contributed by atoms with Gasteiger partial charge in [0.1, 0.15) is 6.54 Å². The molecule has 0 atom stereocenters. The van der Waals surface area contributed by atoms with Gasteiger partial charge in [0, 0.05) is 6.54 Å². The molecule has 4 nitrogen and oxygen atoms in total. The van der Waals surface area contributed by atoms with Crippen LogP contribution in [-0.2, 0) is 4.79 Å². The zero-order chi connectivity index (χ0) is 16.7. The lowest BCUT2D eigenvalue weighted by Gasteiger charge is -2.36. The molecule has 0 aromatic heterocycles. The van der Waals surface area contributed by atoms with E-state index in [-0.39, 0.29) is 4.99 Å². The van der Waals surface area contributed by atoms with Crippen molar-refractivity contribution < 1.29 is 23.1 Å². The molecule has 0 bridgehead atoms. The van der Waals surface area contributed by atoms with Gasteiger partial charge in [-0.15, -0.1) is 0 Å². The first kappa shape index (κ1) is 20.1. The average molecular weight is 328 g/mol. The molecule has 0 saturated heterocycles. The van der Waals surface area contributed by atoms with Crippen LogP contribution < -0.4 is 5.73 Å². The Labute approximate surface area is 128 Å². The van der Waals surface area contributed by atoms with Gasteiger partial charge < -0.3 is 15.7 Å². The lowest BCUT2D eigenvalue weighted by atomic mass is 9.77. The zero-order valence-electron chi connectivity index (χ0n) is 12.4. The summed E-state index contributed by atoms with van der Waals surface area (Å²) in [4.78, 5) is 13.1. The number of hydrogen-bond donors (Lipinski definition) is 2. The van der Waals surface area contributed by atoms with E-state index in [1.807, 2.05) is 13.8 Å². The predicted molar refractivity (Wildman–Crippen MR) is 78.8 cm³/mol. The van der Waals surface area contributed by atoms with Crippen molar-refractivity contribution in [1.82, 2.24) is 4.90 Å². The smallest absolute Gasteiger partial charge is 0.395 e. The third-order valence-corrected chi connectivity index (χ3v) is 3.65. The van der Waals surface area contributed by atoms with Crippen molar-refractivity contribution in [2.45, 2.75) is 45.7 Å². The number of thiocarbonyl (C=S) groups is 1. The summed E-state index contributed by atoms with van der Waals surface area (Å²) >= 11 is 4.97. The highest BCUT2D eigenvalue weighted by Crippen LogP contribution is 2.34. The quantitative estimate of drug-likeness (QED) is 0.637. The van der Waals surface area contributed by atoms with Crippen LogP contribution in [0.15, 0.2) is 0 Å². The van der Waals surface area contributed by atoms with E-state index in [1.165, 1.54) is 0 Å². The molecule has 0 fully saturated rings. The number of carbonyl (C=O) groups excluding carboxylic acids is 1. The van der Waals surface area contributed by atoms with Gasteiger partial charge in [-0.3, -0.25) is 4.79 Å². The molecule has 0 spiro atoms. The molecule has 0 rings (SSSR count). The summed E-state index contributed by atoms with van der Waals surface area (Å²) in [5.41, 5.74) is 4.42. The summed E-state index contributed by atoms with van der Waals surface area (Å²) in [5, 5.41) is 8.92. The first-order chi connectivity index (χ1) is 9.64. The van der Waals surface area contributed by atoms with Crippen LogP contribution >= 0.6 is 12.2 Å². The lowest BCUT2D eigenvalue weighted by molar-refractivity contribution is -0.166. The maximum absolute atomic E-state index is 12.6. The Balaban J connectivity index is 5.51. The molecule has 0 aliphatic carbocycles. The molecule has 0 aromatic rings. The van der Waals surface area contributed by atoms with Crippen LogP contribution in [0.1, 0.15) is 39.5 Å². The molecule has 0 unspecified atom stereocenters. The highest BCUT2D eigenvalue weighted by atomic mass is 32.1. The van der Waals surface area contributed by atoms with Crippen molar-refractivity contribution in [2.24, 2.45) is 11.1 Å². The number of rotatable bonds is 9. The number of halogens is 3. The number of carbonyl (C=O) groups is 1. The summed E-state index contributed by atoms with van der Waals surface area (Å²) in [5.74, 6) is -0.745. The second-order valence-corrected chi connectivity index (χ2v) is 5.45. The molecule has 0 radical (unpaired) electrons.